The lowest BCUT2D eigenvalue weighted by atomic mass is 9.84. The molecule has 7 heteroatoms. The number of nitrogens with zero attached hydrogens (tertiary/aromatic N) is 5. The normalized spacial score (nSPS) is 20.4. The number of aliphatic hydroxyl groups is 1. The molecule has 0 aliphatic heterocycles. The molecule has 0 radical (unpaired) electrons. The van der Waals surface area contributed by atoms with Gasteiger partial charge in [0.15, 0.2) is 0 Å². The van der Waals surface area contributed by atoms with E-state index in [1.54, 1.807) is 19.2 Å². The van der Waals surface area contributed by atoms with Crippen LogP contribution >= 0.6 is 0 Å². The molecule has 1 aliphatic rings. The van der Waals surface area contributed by atoms with Crippen LogP contribution in [0.2, 0.25) is 0 Å². The highest BCUT2D eigenvalue weighted by Gasteiger charge is 2.27. The highest BCUT2D eigenvalue weighted by Crippen LogP contribution is 2.37. The number of rotatable bonds is 4. The van der Waals surface area contributed by atoms with Crippen LogP contribution in [-0.4, -0.2) is 26.7 Å². The number of anilines is 1. The third-order valence-corrected chi connectivity index (χ3v) is 4.79. The van der Waals surface area contributed by atoms with Gasteiger partial charge in [0.25, 0.3) is 0 Å². The molecule has 3 rings (SSSR count). The van der Waals surface area contributed by atoms with E-state index in [0.29, 0.717) is 24.2 Å². The molecule has 0 aromatic carbocycles. The number of hydrogen-bond donors (Lipinski definition) is 2. The van der Waals surface area contributed by atoms with Crippen LogP contribution in [0.3, 0.4) is 0 Å². The van der Waals surface area contributed by atoms with E-state index in [0.717, 1.165) is 42.5 Å². The monoisotopic (exact) mass is 354 g/mol. The fourth-order valence-electron chi connectivity index (χ4n) is 3.57. The Morgan fingerprint density at radius 1 is 1.35 bits per heavy atom. The van der Waals surface area contributed by atoms with E-state index in [2.05, 4.69) is 25.9 Å². The molecule has 1 atom stereocenters. The molecule has 1 unspecified atom stereocenters. The first-order valence-electron chi connectivity index (χ1n) is 8.97. The second-order valence-corrected chi connectivity index (χ2v) is 6.58. The summed E-state index contributed by atoms with van der Waals surface area (Å²) in [6.45, 7) is 3.19. The molecule has 7 nitrogen and oxygen atoms in total. The maximum absolute atomic E-state index is 10.1. The van der Waals surface area contributed by atoms with Crippen molar-refractivity contribution in [3.8, 4) is 12.1 Å². The Kier molecular flexibility index (Phi) is 6.94. The van der Waals surface area contributed by atoms with Crippen molar-refractivity contribution < 1.29 is 5.11 Å². The Hall–Kier alpha value is -2.64. The lowest BCUT2D eigenvalue weighted by molar-refractivity contribution is 0.175. The fraction of sp³-hybridized carbons (Fsp3) is 0.579. The first kappa shape index (κ1) is 19.7. The SMILES string of the molecule is CC#N.CNc1cc2c(cn1)nc(C(C)O)n2[C@H]1CC[C@H](CC#N)CC1. The molecule has 26 heavy (non-hydrogen) atoms. The second kappa shape index (κ2) is 9.17. The molecular formula is C19H26N6O. The van der Waals surface area contributed by atoms with Crippen molar-refractivity contribution in [1.82, 2.24) is 14.5 Å². The van der Waals surface area contributed by atoms with Gasteiger partial charge in [0.05, 0.1) is 23.9 Å². The average molecular weight is 354 g/mol. The van der Waals surface area contributed by atoms with Gasteiger partial charge in [0, 0.05) is 32.5 Å². The molecule has 138 valence electrons. The summed E-state index contributed by atoms with van der Waals surface area (Å²) < 4.78 is 2.19. The Morgan fingerprint density at radius 3 is 2.54 bits per heavy atom. The zero-order chi connectivity index (χ0) is 19.1. The van der Waals surface area contributed by atoms with E-state index in [4.69, 9.17) is 10.5 Å². The molecule has 1 saturated carbocycles. The van der Waals surface area contributed by atoms with Crippen LogP contribution < -0.4 is 5.32 Å². The topological polar surface area (TPSA) is 111 Å². The third kappa shape index (κ3) is 4.30. The summed E-state index contributed by atoms with van der Waals surface area (Å²) in [6.07, 6.45) is 5.95. The smallest absolute Gasteiger partial charge is 0.138 e. The van der Waals surface area contributed by atoms with E-state index >= 15 is 0 Å². The Bertz CT molecular complexity index is 806. The Balaban J connectivity index is 0.000000758. The van der Waals surface area contributed by atoms with Crippen LogP contribution in [0.25, 0.3) is 11.0 Å². The predicted molar refractivity (Wildman–Crippen MR) is 100 cm³/mol. The van der Waals surface area contributed by atoms with Crippen molar-refractivity contribution in [2.24, 2.45) is 5.92 Å². The van der Waals surface area contributed by atoms with Gasteiger partial charge in [0.1, 0.15) is 23.3 Å². The summed E-state index contributed by atoms with van der Waals surface area (Å²) in [6, 6.07) is 6.36. The molecule has 1 fully saturated rings. The highest BCUT2D eigenvalue weighted by molar-refractivity contribution is 5.78. The minimum Gasteiger partial charge on any atom is -0.385 e. The largest absolute Gasteiger partial charge is 0.385 e. The zero-order valence-corrected chi connectivity index (χ0v) is 15.6. The van der Waals surface area contributed by atoms with Gasteiger partial charge >= 0.3 is 0 Å². The standard InChI is InChI=1S/C17H23N5O.C2H3N/c1-11(23)17-21-14-10-20-16(19-2)9-15(14)22(17)13-5-3-12(4-6-13)7-8-18;1-2-3/h9-13,23H,3-7H2,1-2H3,(H,19,20);1H3/t11?,12-,13-;. The van der Waals surface area contributed by atoms with Gasteiger partial charge in [-0.15, -0.1) is 0 Å². The van der Waals surface area contributed by atoms with Crippen LogP contribution in [-0.2, 0) is 0 Å². The lowest BCUT2D eigenvalue weighted by Gasteiger charge is -2.30. The minimum atomic E-state index is -0.614. The second-order valence-electron chi connectivity index (χ2n) is 6.58. The van der Waals surface area contributed by atoms with Crippen molar-refractivity contribution in [2.45, 2.75) is 58.1 Å². The molecule has 2 heterocycles. The van der Waals surface area contributed by atoms with Gasteiger partial charge in [-0.2, -0.15) is 10.5 Å². The summed E-state index contributed by atoms with van der Waals surface area (Å²) in [7, 11) is 1.84. The number of nitrogens with one attached hydrogen (secondary N) is 1. The summed E-state index contributed by atoms with van der Waals surface area (Å²) in [4.78, 5) is 8.90. The van der Waals surface area contributed by atoms with Crippen molar-refractivity contribution in [2.75, 3.05) is 12.4 Å². The molecule has 0 spiro atoms. The molecule has 2 aromatic heterocycles. The fourth-order valence-corrected chi connectivity index (χ4v) is 3.57. The van der Waals surface area contributed by atoms with E-state index in [-0.39, 0.29) is 0 Å². The van der Waals surface area contributed by atoms with Gasteiger partial charge in [-0.3, -0.25) is 0 Å². The zero-order valence-electron chi connectivity index (χ0n) is 15.6. The average Bonchev–Trinajstić information content (AvgIpc) is 3.02. The number of nitriles is 2. The summed E-state index contributed by atoms with van der Waals surface area (Å²) in [5.41, 5.74) is 1.84. The highest BCUT2D eigenvalue weighted by atomic mass is 16.3. The van der Waals surface area contributed by atoms with Crippen molar-refractivity contribution in [1.29, 1.82) is 10.5 Å². The van der Waals surface area contributed by atoms with Crippen molar-refractivity contribution in [3.63, 3.8) is 0 Å². The van der Waals surface area contributed by atoms with Crippen LogP contribution in [0.1, 0.15) is 63.9 Å². The number of fused-ring (bicyclic) bond motifs is 1. The first-order chi connectivity index (χ1) is 12.5. The first-order valence-corrected chi connectivity index (χ1v) is 8.97. The van der Waals surface area contributed by atoms with Crippen LogP contribution in [0, 0.1) is 28.6 Å². The third-order valence-electron chi connectivity index (χ3n) is 4.79. The molecular weight excluding hydrogens is 328 g/mol. The quantitative estimate of drug-likeness (QED) is 0.866. The van der Waals surface area contributed by atoms with Gasteiger partial charge < -0.3 is 15.0 Å². The number of hydrogen-bond acceptors (Lipinski definition) is 6. The maximum Gasteiger partial charge on any atom is 0.138 e. The number of aliphatic hydroxyl groups excluding tert-OH is 1. The molecule has 2 N–H and O–H groups in total. The Morgan fingerprint density at radius 2 is 2.00 bits per heavy atom. The van der Waals surface area contributed by atoms with Gasteiger partial charge in [0.2, 0.25) is 0 Å². The summed E-state index contributed by atoms with van der Waals surface area (Å²) >= 11 is 0. The van der Waals surface area contributed by atoms with Crippen LogP contribution in [0.4, 0.5) is 5.82 Å². The molecule has 1 aliphatic carbocycles. The van der Waals surface area contributed by atoms with Crippen molar-refractivity contribution >= 4 is 16.9 Å². The van der Waals surface area contributed by atoms with Gasteiger partial charge in [-0.1, -0.05) is 0 Å². The number of aromatic nitrogens is 3. The summed E-state index contributed by atoms with van der Waals surface area (Å²) in [5, 5.41) is 29.4. The van der Waals surface area contributed by atoms with Crippen molar-refractivity contribution in [3.05, 3.63) is 18.1 Å². The van der Waals surface area contributed by atoms with E-state index in [1.807, 2.05) is 13.1 Å². The van der Waals surface area contributed by atoms with Crippen LogP contribution in [0.15, 0.2) is 12.3 Å². The molecule has 0 saturated heterocycles. The maximum atomic E-state index is 10.1. The van der Waals surface area contributed by atoms with Gasteiger partial charge in [-0.25, -0.2) is 9.97 Å². The predicted octanol–water partition coefficient (Wildman–Crippen LogP) is 3.70. The van der Waals surface area contributed by atoms with Gasteiger partial charge in [-0.05, 0) is 38.5 Å². The van der Waals surface area contributed by atoms with E-state index in [9.17, 15) is 5.11 Å². The minimum absolute atomic E-state index is 0.326. The molecule has 2 aromatic rings. The Labute approximate surface area is 154 Å². The lowest BCUT2D eigenvalue weighted by Crippen LogP contribution is -2.20. The van der Waals surface area contributed by atoms with E-state index < -0.39 is 6.10 Å². The molecule has 0 bridgehead atoms. The molecule has 0 amide bonds. The summed E-state index contributed by atoms with van der Waals surface area (Å²) in [5.74, 6) is 2.02. The number of imidazole rings is 1. The van der Waals surface area contributed by atoms with Crippen LogP contribution in [0.5, 0.6) is 0 Å². The number of pyridine rings is 1. The van der Waals surface area contributed by atoms with E-state index in [1.165, 1.54) is 6.92 Å².